The van der Waals surface area contributed by atoms with Gasteiger partial charge in [-0.05, 0) is 32.0 Å². The number of carbonyl (C=O) groups excluding carboxylic acids is 5. The monoisotopic (exact) mass is 453 g/mol. The normalized spacial score (nSPS) is 14.7. The number of carbonyl (C=O) groups is 5. The highest BCUT2D eigenvalue weighted by Crippen LogP contribution is 2.37. The van der Waals surface area contributed by atoms with Crippen LogP contribution in [0, 0.1) is 0 Å². The second-order valence-corrected chi connectivity index (χ2v) is 7.07. The van der Waals surface area contributed by atoms with Crippen molar-refractivity contribution >= 4 is 40.9 Å². The smallest absolute Gasteiger partial charge is 0.339 e. The van der Waals surface area contributed by atoms with Crippen molar-refractivity contribution in [1.82, 2.24) is 4.90 Å². The summed E-state index contributed by atoms with van der Waals surface area (Å²) in [7, 11) is 0. The number of amides is 5. The predicted molar refractivity (Wildman–Crippen MR) is 113 cm³/mol. The molecule has 0 aliphatic carbocycles. The number of benzene rings is 2. The number of nitrogens with zero attached hydrogens (tertiary/aromatic N) is 2. The van der Waals surface area contributed by atoms with Crippen molar-refractivity contribution < 1.29 is 38.2 Å². The summed E-state index contributed by atoms with van der Waals surface area (Å²) >= 11 is 0. The Kier molecular flexibility index (Phi) is 5.69. The number of para-hydroxylation sites is 2. The molecule has 1 N–H and O–H groups in total. The van der Waals surface area contributed by atoms with Crippen molar-refractivity contribution in [3.8, 4) is 17.2 Å². The van der Waals surface area contributed by atoms with Crippen molar-refractivity contribution in [2.75, 3.05) is 30.2 Å². The first kappa shape index (κ1) is 21.8. The largest absolute Gasteiger partial charge is 0.492 e. The Morgan fingerprint density at radius 3 is 2.45 bits per heavy atom. The van der Waals surface area contributed by atoms with Gasteiger partial charge in [0.05, 0.1) is 18.0 Å². The van der Waals surface area contributed by atoms with Crippen LogP contribution >= 0.6 is 0 Å². The van der Waals surface area contributed by atoms with Crippen molar-refractivity contribution in [1.29, 1.82) is 0 Å². The fourth-order valence-corrected chi connectivity index (χ4v) is 3.45. The number of ketones is 1. The van der Waals surface area contributed by atoms with Crippen LogP contribution in [-0.2, 0) is 14.4 Å². The molecular weight excluding hydrogens is 434 g/mol. The van der Waals surface area contributed by atoms with E-state index in [0.29, 0.717) is 21.3 Å². The number of hydrogen-bond acceptors (Lipinski definition) is 8. The number of Topliss-reactive ketones (excluding diaryl/α,β-unsaturated/α-hetero) is 1. The molecule has 0 atom stereocenters. The molecule has 11 heteroatoms. The maximum absolute atomic E-state index is 12.9. The summed E-state index contributed by atoms with van der Waals surface area (Å²) in [4.78, 5) is 63.8. The first-order valence-electron chi connectivity index (χ1n) is 9.98. The lowest BCUT2D eigenvalue weighted by Gasteiger charge is -2.18. The van der Waals surface area contributed by atoms with Gasteiger partial charge in [-0.25, -0.2) is 14.6 Å². The molecule has 2 aromatic carbocycles. The Morgan fingerprint density at radius 1 is 1.06 bits per heavy atom. The van der Waals surface area contributed by atoms with Crippen LogP contribution in [0.5, 0.6) is 17.2 Å². The second kappa shape index (κ2) is 8.61. The number of ether oxygens (including phenoxy) is 3. The van der Waals surface area contributed by atoms with E-state index in [1.165, 1.54) is 25.1 Å². The molecule has 2 aliphatic rings. The maximum Gasteiger partial charge on any atom is 0.339 e. The van der Waals surface area contributed by atoms with Crippen molar-refractivity contribution in [3.63, 3.8) is 0 Å². The van der Waals surface area contributed by atoms with Gasteiger partial charge in [0, 0.05) is 11.6 Å². The molecule has 0 bridgehead atoms. The van der Waals surface area contributed by atoms with Crippen molar-refractivity contribution in [2.24, 2.45) is 0 Å². The van der Waals surface area contributed by atoms with E-state index < -0.39 is 30.3 Å². The highest BCUT2D eigenvalue weighted by molar-refractivity contribution is 6.53. The summed E-state index contributed by atoms with van der Waals surface area (Å²) in [5, 5.41) is 2.49. The summed E-state index contributed by atoms with van der Waals surface area (Å²) < 4.78 is 15.9. The summed E-state index contributed by atoms with van der Waals surface area (Å²) in [5.41, 5.74) is 0.385. The maximum atomic E-state index is 12.9. The Labute approximate surface area is 187 Å². The molecule has 1 fully saturated rings. The summed E-state index contributed by atoms with van der Waals surface area (Å²) in [6, 6.07) is 8.13. The van der Waals surface area contributed by atoms with E-state index in [2.05, 4.69) is 5.32 Å². The van der Waals surface area contributed by atoms with Gasteiger partial charge in [0.1, 0.15) is 12.3 Å². The third-order valence-corrected chi connectivity index (χ3v) is 4.93. The highest BCUT2D eigenvalue weighted by atomic mass is 16.7. The van der Waals surface area contributed by atoms with Crippen molar-refractivity contribution in [2.45, 2.75) is 13.8 Å². The molecule has 5 amide bonds. The Hall–Kier alpha value is -4.41. The minimum absolute atomic E-state index is 0.0258. The van der Waals surface area contributed by atoms with Crippen LogP contribution in [0.25, 0.3) is 0 Å². The van der Waals surface area contributed by atoms with Crippen LogP contribution in [0.2, 0.25) is 0 Å². The summed E-state index contributed by atoms with van der Waals surface area (Å²) in [5.74, 6) is -2.45. The zero-order valence-electron chi connectivity index (χ0n) is 17.7. The fourth-order valence-electron chi connectivity index (χ4n) is 3.45. The third kappa shape index (κ3) is 3.95. The lowest BCUT2D eigenvalue weighted by atomic mass is 10.1. The molecule has 0 saturated carbocycles. The van der Waals surface area contributed by atoms with Crippen molar-refractivity contribution in [3.05, 3.63) is 42.0 Å². The minimum atomic E-state index is -1.15. The van der Waals surface area contributed by atoms with E-state index in [0.717, 1.165) is 0 Å². The van der Waals surface area contributed by atoms with Crippen LogP contribution in [0.3, 0.4) is 0 Å². The molecule has 2 heterocycles. The van der Waals surface area contributed by atoms with Gasteiger partial charge in [-0.15, -0.1) is 0 Å². The van der Waals surface area contributed by atoms with Gasteiger partial charge in [0.15, 0.2) is 17.3 Å². The van der Waals surface area contributed by atoms with Crippen LogP contribution in [0.1, 0.15) is 24.2 Å². The van der Waals surface area contributed by atoms with Crippen LogP contribution in [0.4, 0.5) is 16.2 Å². The first-order valence-corrected chi connectivity index (χ1v) is 9.98. The van der Waals surface area contributed by atoms with Crippen LogP contribution in [0.15, 0.2) is 36.4 Å². The van der Waals surface area contributed by atoms with Gasteiger partial charge in [-0.1, -0.05) is 12.1 Å². The number of rotatable bonds is 7. The molecule has 170 valence electrons. The van der Waals surface area contributed by atoms with E-state index >= 15 is 0 Å². The number of urea groups is 1. The van der Waals surface area contributed by atoms with Gasteiger partial charge in [0.2, 0.25) is 12.7 Å². The molecule has 0 unspecified atom stereocenters. The number of nitrogens with one attached hydrogen (secondary N) is 1. The fraction of sp³-hybridized carbons (Fsp3) is 0.227. The second-order valence-electron chi connectivity index (χ2n) is 7.07. The average Bonchev–Trinajstić information content (AvgIpc) is 3.32. The summed E-state index contributed by atoms with van der Waals surface area (Å²) in [6.07, 6.45) is 0. The van der Waals surface area contributed by atoms with E-state index in [9.17, 15) is 24.0 Å². The van der Waals surface area contributed by atoms with E-state index in [-0.39, 0.29) is 41.9 Å². The SMILES string of the molecule is CCOc1ccccc1N1C(=O)C(=O)N(CC(=O)Nc2cc3c(cc2C(C)=O)OCO3)C1=O. The molecule has 0 aromatic heterocycles. The zero-order chi connectivity index (χ0) is 23.7. The van der Waals surface area contributed by atoms with Crippen LogP contribution < -0.4 is 24.4 Å². The number of hydrogen-bond donors (Lipinski definition) is 1. The molecule has 2 aliphatic heterocycles. The topological polar surface area (TPSA) is 132 Å². The molecule has 2 aromatic rings. The molecule has 0 radical (unpaired) electrons. The third-order valence-electron chi connectivity index (χ3n) is 4.93. The van der Waals surface area contributed by atoms with Crippen LogP contribution in [-0.4, -0.2) is 54.4 Å². The molecule has 33 heavy (non-hydrogen) atoms. The lowest BCUT2D eigenvalue weighted by molar-refractivity contribution is -0.140. The zero-order valence-corrected chi connectivity index (χ0v) is 17.7. The van der Waals surface area contributed by atoms with Gasteiger partial charge >= 0.3 is 17.8 Å². The molecule has 11 nitrogen and oxygen atoms in total. The lowest BCUT2D eigenvalue weighted by Crippen LogP contribution is -2.39. The molecular formula is C22H19N3O8. The quantitative estimate of drug-likeness (QED) is 0.382. The van der Waals surface area contributed by atoms with E-state index in [1.54, 1.807) is 25.1 Å². The van der Waals surface area contributed by atoms with Gasteiger partial charge < -0.3 is 19.5 Å². The van der Waals surface area contributed by atoms with E-state index in [1.807, 2.05) is 0 Å². The standard InChI is InChI=1S/C22H19N3O8/c1-3-31-16-7-5-4-6-15(16)25-21(29)20(28)24(22(25)30)10-19(27)23-14-9-18-17(32-11-33-18)8-13(14)12(2)26/h4-9H,3,10-11H2,1-2H3,(H,23,27). The number of anilines is 2. The van der Waals surface area contributed by atoms with Gasteiger partial charge in [-0.3, -0.25) is 19.2 Å². The Balaban J connectivity index is 1.55. The first-order chi connectivity index (χ1) is 15.8. The highest BCUT2D eigenvalue weighted by Gasteiger charge is 2.47. The van der Waals surface area contributed by atoms with Gasteiger partial charge in [0.25, 0.3) is 0 Å². The average molecular weight is 453 g/mol. The predicted octanol–water partition coefficient (Wildman–Crippen LogP) is 1.95. The Bertz CT molecular complexity index is 1190. The molecule has 4 rings (SSSR count). The number of fused-ring (bicyclic) bond motifs is 1. The minimum Gasteiger partial charge on any atom is -0.492 e. The van der Waals surface area contributed by atoms with E-state index in [4.69, 9.17) is 14.2 Å². The molecule has 1 saturated heterocycles. The number of imide groups is 2. The summed E-state index contributed by atoms with van der Waals surface area (Å²) in [6.45, 7) is 2.57. The molecule has 0 spiro atoms. The van der Waals surface area contributed by atoms with Gasteiger partial charge in [-0.2, -0.15) is 0 Å². The Morgan fingerprint density at radius 2 is 1.76 bits per heavy atom.